The molecule has 152 valence electrons. The summed E-state index contributed by atoms with van der Waals surface area (Å²) in [6.45, 7) is 3.08. The van der Waals surface area contributed by atoms with Crippen LogP contribution in [0, 0.1) is 6.92 Å². The van der Waals surface area contributed by atoms with E-state index in [4.69, 9.17) is 4.74 Å². The summed E-state index contributed by atoms with van der Waals surface area (Å²) in [5.41, 5.74) is 3.19. The summed E-state index contributed by atoms with van der Waals surface area (Å²) in [5.74, 6) is 1.21. The average molecular weight is 482 g/mol. The zero-order chi connectivity index (χ0) is 20.9. The summed E-state index contributed by atoms with van der Waals surface area (Å²) >= 11 is 4.83. The minimum Gasteiger partial charge on any atom is -0.489 e. The highest BCUT2D eigenvalue weighted by Gasteiger charge is 2.12. The number of hydrogen-bond acceptors (Lipinski definition) is 4. The van der Waals surface area contributed by atoms with Crippen LogP contribution in [-0.4, -0.2) is 15.7 Å². The van der Waals surface area contributed by atoms with Gasteiger partial charge in [-0.3, -0.25) is 9.48 Å². The van der Waals surface area contributed by atoms with Crippen molar-refractivity contribution in [1.29, 1.82) is 0 Å². The molecule has 4 rings (SSSR count). The molecule has 2 aromatic carbocycles. The summed E-state index contributed by atoms with van der Waals surface area (Å²) < 4.78 is 8.70. The van der Waals surface area contributed by atoms with Gasteiger partial charge in [0, 0.05) is 22.3 Å². The highest BCUT2D eigenvalue weighted by Crippen LogP contribution is 2.21. The van der Waals surface area contributed by atoms with Crippen molar-refractivity contribution in [3.05, 3.63) is 98.3 Å². The SMILES string of the molecule is Cc1ccccc1OCc1csc(C(=O)Nc2ccn(Cc3ccc(Br)cc3)n2)c1. The molecule has 0 radical (unpaired) electrons. The van der Waals surface area contributed by atoms with E-state index >= 15 is 0 Å². The maximum Gasteiger partial charge on any atom is 0.266 e. The third-order valence-electron chi connectivity index (χ3n) is 4.51. The average Bonchev–Trinajstić information content (AvgIpc) is 3.39. The third kappa shape index (κ3) is 5.17. The predicted octanol–water partition coefficient (Wildman–Crippen LogP) is 5.90. The summed E-state index contributed by atoms with van der Waals surface area (Å²) in [5, 5.41) is 9.24. The Hall–Kier alpha value is -2.90. The van der Waals surface area contributed by atoms with Crippen LogP contribution in [0.5, 0.6) is 5.75 Å². The number of rotatable bonds is 7. The molecule has 2 aromatic heterocycles. The molecule has 4 aromatic rings. The second-order valence-corrected chi connectivity index (χ2v) is 8.68. The molecule has 7 heteroatoms. The first kappa shape index (κ1) is 20.4. The van der Waals surface area contributed by atoms with Crippen molar-refractivity contribution in [3.8, 4) is 5.75 Å². The lowest BCUT2D eigenvalue weighted by Gasteiger charge is -2.07. The van der Waals surface area contributed by atoms with E-state index < -0.39 is 0 Å². The standard InChI is InChI=1S/C23H20BrN3O2S/c1-16-4-2-3-5-20(16)29-14-18-12-21(30-15-18)23(28)25-22-10-11-27(26-22)13-17-6-8-19(24)9-7-17/h2-12,15H,13-14H2,1H3,(H,25,26,28). The minimum atomic E-state index is -0.170. The van der Waals surface area contributed by atoms with Gasteiger partial charge in [0.25, 0.3) is 5.91 Å². The van der Waals surface area contributed by atoms with Crippen molar-refractivity contribution in [2.75, 3.05) is 5.32 Å². The molecule has 1 N–H and O–H groups in total. The highest BCUT2D eigenvalue weighted by atomic mass is 79.9. The molecule has 1 amide bonds. The zero-order valence-electron chi connectivity index (χ0n) is 16.3. The van der Waals surface area contributed by atoms with Crippen LogP contribution in [0.4, 0.5) is 5.82 Å². The van der Waals surface area contributed by atoms with Crippen molar-refractivity contribution in [1.82, 2.24) is 9.78 Å². The monoisotopic (exact) mass is 481 g/mol. The van der Waals surface area contributed by atoms with Crippen molar-refractivity contribution in [3.63, 3.8) is 0 Å². The van der Waals surface area contributed by atoms with Crippen molar-refractivity contribution in [2.45, 2.75) is 20.1 Å². The van der Waals surface area contributed by atoms with Gasteiger partial charge in [-0.05, 0) is 47.7 Å². The fourth-order valence-electron chi connectivity index (χ4n) is 2.92. The summed E-state index contributed by atoms with van der Waals surface area (Å²) in [4.78, 5) is 13.2. The van der Waals surface area contributed by atoms with Crippen LogP contribution in [-0.2, 0) is 13.2 Å². The topological polar surface area (TPSA) is 56.1 Å². The molecule has 0 unspecified atom stereocenters. The lowest BCUT2D eigenvalue weighted by molar-refractivity contribution is 0.103. The Balaban J connectivity index is 1.34. The minimum absolute atomic E-state index is 0.170. The largest absolute Gasteiger partial charge is 0.489 e. The van der Waals surface area contributed by atoms with E-state index in [9.17, 15) is 4.79 Å². The van der Waals surface area contributed by atoms with Gasteiger partial charge < -0.3 is 10.1 Å². The number of carbonyl (C=O) groups excluding carboxylic acids is 1. The lowest BCUT2D eigenvalue weighted by Crippen LogP contribution is -2.11. The zero-order valence-corrected chi connectivity index (χ0v) is 18.7. The van der Waals surface area contributed by atoms with Gasteiger partial charge >= 0.3 is 0 Å². The van der Waals surface area contributed by atoms with Gasteiger partial charge in [0.2, 0.25) is 0 Å². The fourth-order valence-corrected chi connectivity index (χ4v) is 3.98. The molecular weight excluding hydrogens is 462 g/mol. The number of thiophene rings is 1. The number of carbonyl (C=O) groups is 1. The molecule has 0 aliphatic carbocycles. The van der Waals surface area contributed by atoms with E-state index in [-0.39, 0.29) is 5.91 Å². The number of benzene rings is 2. The maximum atomic E-state index is 12.6. The van der Waals surface area contributed by atoms with Crippen LogP contribution in [0.15, 0.2) is 76.7 Å². The van der Waals surface area contributed by atoms with E-state index in [1.165, 1.54) is 11.3 Å². The van der Waals surface area contributed by atoms with Crippen LogP contribution in [0.25, 0.3) is 0 Å². The van der Waals surface area contributed by atoms with Gasteiger partial charge in [-0.1, -0.05) is 46.3 Å². The van der Waals surface area contributed by atoms with E-state index in [1.54, 1.807) is 10.7 Å². The Morgan fingerprint density at radius 2 is 1.93 bits per heavy atom. The summed E-state index contributed by atoms with van der Waals surface area (Å²) in [6, 6.07) is 19.6. The first-order chi connectivity index (χ1) is 14.6. The van der Waals surface area contributed by atoms with Crippen LogP contribution in [0.3, 0.4) is 0 Å². The molecule has 0 fully saturated rings. The number of nitrogens with zero attached hydrogens (tertiary/aromatic N) is 2. The Labute approximate surface area is 187 Å². The Morgan fingerprint density at radius 1 is 1.13 bits per heavy atom. The number of para-hydroxylation sites is 1. The van der Waals surface area contributed by atoms with Gasteiger partial charge in [-0.2, -0.15) is 5.10 Å². The smallest absolute Gasteiger partial charge is 0.266 e. The van der Waals surface area contributed by atoms with Crippen LogP contribution in [0.1, 0.15) is 26.4 Å². The van der Waals surface area contributed by atoms with Crippen LogP contribution in [0.2, 0.25) is 0 Å². The number of hydrogen-bond donors (Lipinski definition) is 1. The second-order valence-electron chi connectivity index (χ2n) is 6.85. The summed E-state index contributed by atoms with van der Waals surface area (Å²) in [7, 11) is 0. The molecule has 0 atom stereocenters. The fraction of sp³-hybridized carbons (Fsp3) is 0.130. The molecule has 30 heavy (non-hydrogen) atoms. The number of ether oxygens (including phenoxy) is 1. The van der Waals surface area contributed by atoms with Crippen molar-refractivity contribution in [2.24, 2.45) is 0 Å². The second kappa shape index (κ2) is 9.28. The van der Waals surface area contributed by atoms with Crippen molar-refractivity contribution >= 4 is 39.0 Å². The Morgan fingerprint density at radius 3 is 2.73 bits per heavy atom. The first-order valence-electron chi connectivity index (χ1n) is 9.42. The van der Waals surface area contributed by atoms with Crippen LogP contribution < -0.4 is 10.1 Å². The predicted molar refractivity (Wildman–Crippen MR) is 123 cm³/mol. The molecule has 0 aliphatic rings. The molecule has 2 heterocycles. The van der Waals surface area contributed by atoms with Gasteiger partial charge in [0.05, 0.1) is 11.4 Å². The highest BCUT2D eigenvalue weighted by molar-refractivity contribution is 9.10. The van der Waals surface area contributed by atoms with E-state index in [2.05, 4.69) is 26.3 Å². The molecule has 0 bridgehead atoms. The number of aromatic nitrogens is 2. The van der Waals surface area contributed by atoms with Crippen LogP contribution >= 0.6 is 27.3 Å². The molecule has 0 aliphatic heterocycles. The number of halogens is 1. The normalized spacial score (nSPS) is 10.7. The quantitative estimate of drug-likeness (QED) is 0.357. The molecule has 0 saturated heterocycles. The summed E-state index contributed by atoms with van der Waals surface area (Å²) in [6.07, 6.45) is 1.85. The molecule has 0 spiro atoms. The molecule has 0 saturated carbocycles. The van der Waals surface area contributed by atoms with Crippen molar-refractivity contribution < 1.29 is 9.53 Å². The van der Waals surface area contributed by atoms with E-state index in [1.807, 2.05) is 73.1 Å². The van der Waals surface area contributed by atoms with Gasteiger partial charge in [0.15, 0.2) is 5.82 Å². The molecular formula is C23H20BrN3O2S. The maximum absolute atomic E-state index is 12.6. The van der Waals surface area contributed by atoms with Gasteiger partial charge in [0.1, 0.15) is 12.4 Å². The lowest BCUT2D eigenvalue weighted by atomic mass is 10.2. The van der Waals surface area contributed by atoms with E-state index in [0.717, 1.165) is 26.9 Å². The number of amides is 1. The van der Waals surface area contributed by atoms with Gasteiger partial charge in [-0.15, -0.1) is 11.3 Å². The Kier molecular flexibility index (Phi) is 6.30. The number of nitrogens with one attached hydrogen (secondary N) is 1. The van der Waals surface area contributed by atoms with Gasteiger partial charge in [-0.25, -0.2) is 0 Å². The molecule has 5 nitrogen and oxygen atoms in total. The van der Waals surface area contributed by atoms with E-state index in [0.29, 0.717) is 23.8 Å². The number of anilines is 1. The number of aryl methyl sites for hydroxylation is 1. The Bertz CT molecular complexity index is 1150. The first-order valence-corrected chi connectivity index (χ1v) is 11.1. The third-order valence-corrected chi connectivity index (χ3v) is 6.01.